The first-order valence-corrected chi connectivity index (χ1v) is 6.27. The fourth-order valence-electron chi connectivity index (χ4n) is 0.834. The highest BCUT2D eigenvalue weighted by Gasteiger charge is 2.30. The van der Waals surface area contributed by atoms with Crippen molar-refractivity contribution in [2.45, 2.75) is 37.2 Å². The molecule has 2 atom stereocenters. The van der Waals surface area contributed by atoms with Crippen LogP contribution >= 0.6 is 25.3 Å². The van der Waals surface area contributed by atoms with Crippen LogP contribution in [0.5, 0.6) is 0 Å². The fourth-order valence-corrected chi connectivity index (χ4v) is 1.23. The zero-order valence-corrected chi connectivity index (χ0v) is 11.3. The summed E-state index contributed by atoms with van der Waals surface area (Å²) in [5.74, 6) is -1.09. The lowest BCUT2D eigenvalue weighted by atomic mass is 10.3. The average molecular weight is 266 g/mol. The molecule has 0 N–H and O–H groups in total. The third-order valence-electron chi connectivity index (χ3n) is 1.68. The third kappa shape index (κ3) is 5.65. The van der Waals surface area contributed by atoms with E-state index in [1.165, 1.54) is 0 Å². The molecule has 0 aliphatic heterocycles. The van der Waals surface area contributed by atoms with Gasteiger partial charge in [0.15, 0.2) is 0 Å². The number of hydrogen-bond donors (Lipinski definition) is 2. The lowest BCUT2D eigenvalue weighted by molar-refractivity contribution is -0.149. The molecule has 94 valence electrons. The number of esters is 2. The molecule has 0 saturated carbocycles. The second-order valence-corrected chi connectivity index (χ2v) is 4.34. The van der Waals surface area contributed by atoms with Crippen molar-refractivity contribution in [3.05, 3.63) is 0 Å². The largest absolute Gasteiger partial charge is 0.465 e. The molecule has 0 radical (unpaired) electrons. The molecule has 0 spiro atoms. The summed E-state index contributed by atoms with van der Waals surface area (Å²) in [6.07, 6.45) is 1.45. The fraction of sp³-hybridized carbons (Fsp3) is 0.800. The Kier molecular flexibility index (Phi) is 8.56. The van der Waals surface area contributed by atoms with Crippen LogP contribution in [0.4, 0.5) is 0 Å². The maximum atomic E-state index is 11.4. The van der Waals surface area contributed by atoms with Crippen LogP contribution in [0.25, 0.3) is 0 Å². The van der Waals surface area contributed by atoms with Crippen molar-refractivity contribution in [2.75, 3.05) is 13.2 Å². The highest BCUT2D eigenvalue weighted by atomic mass is 32.1. The summed E-state index contributed by atoms with van der Waals surface area (Å²) in [5, 5.41) is -1.78. The van der Waals surface area contributed by atoms with E-state index in [-0.39, 0.29) is 0 Å². The minimum absolute atomic E-state index is 0.320. The molecule has 0 bridgehead atoms. The molecule has 0 aliphatic rings. The second kappa shape index (κ2) is 8.75. The Morgan fingerprint density at radius 1 is 0.938 bits per heavy atom. The normalized spacial score (nSPS) is 14.0. The lowest BCUT2D eigenvalue weighted by Crippen LogP contribution is -2.34. The van der Waals surface area contributed by atoms with Crippen LogP contribution in [0.3, 0.4) is 0 Å². The quantitative estimate of drug-likeness (QED) is 0.541. The molecule has 0 aromatic carbocycles. The monoisotopic (exact) mass is 266 g/mol. The van der Waals surface area contributed by atoms with Crippen LogP contribution in [-0.2, 0) is 19.1 Å². The SMILES string of the molecule is CCCOC(=O)[C@@H](S)[C@H](S)C(=O)OCCC. The van der Waals surface area contributed by atoms with E-state index in [0.29, 0.717) is 13.2 Å². The van der Waals surface area contributed by atoms with E-state index >= 15 is 0 Å². The van der Waals surface area contributed by atoms with Gasteiger partial charge in [0.05, 0.1) is 13.2 Å². The van der Waals surface area contributed by atoms with Gasteiger partial charge in [0.2, 0.25) is 0 Å². The van der Waals surface area contributed by atoms with E-state index in [0.717, 1.165) is 12.8 Å². The standard InChI is InChI=1S/C10H18O4S2/c1-3-5-13-9(11)7(15)8(16)10(12)14-6-4-2/h7-8,15-16H,3-6H2,1-2H3/t7-,8-/m0/s1. The Balaban J connectivity index is 4.09. The van der Waals surface area contributed by atoms with E-state index in [9.17, 15) is 9.59 Å². The summed E-state index contributed by atoms with van der Waals surface area (Å²) in [4.78, 5) is 22.7. The van der Waals surface area contributed by atoms with Gasteiger partial charge in [0.25, 0.3) is 0 Å². The molecule has 0 fully saturated rings. The van der Waals surface area contributed by atoms with Gasteiger partial charge in [-0.1, -0.05) is 13.8 Å². The Bertz CT molecular complexity index is 209. The second-order valence-electron chi connectivity index (χ2n) is 3.22. The molecule has 0 unspecified atom stereocenters. The summed E-state index contributed by atoms with van der Waals surface area (Å²) in [7, 11) is 0. The van der Waals surface area contributed by atoms with E-state index in [1.54, 1.807) is 0 Å². The van der Waals surface area contributed by atoms with E-state index in [1.807, 2.05) is 13.8 Å². The zero-order valence-electron chi connectivity index (χ0n) is 9.51. The van der Waals surface area contributed by atoms with Crippen LogP contribution in [-0.4, -0.2) is 35.7 Å². The van der Waals surface area contributed by atoms with Crippen molar-refractivity contribution in [1.82, 2.24) is 0 Å². The maximum absolute atomic E-state index is 11.4. The Hall–Kier alpha value is -0.360. The highest BCUT2D eigenvalue weighted by molar-refractivity contribution is 7.86. The van der Waals surface area contributed by atoms with Gasteiger partial charge in [-0.25, -0.2) is 0 Å². The van der Waals surface area contributed by atoms with Gasteiger partial charge in [0, 0.05) is 0 Å². The number of rotatable bonds is 7. The summed E-state index contributed by atoms with van der Waals surface area (Å²) in [5.41, 5.74) is 0. The predicted molar refractivity (Wildman–Crippen MR) is 68.0 cm³/mol. The molecule has 0 aliphatic carbocycles. The minimum Gasteiger partial charge on any atom is -0.465 e. The van der Waals surface area contributed by atoms with Gasteiger partial charge in [-0.3, -0.25) is 9.59 Å². The Morgan fingerprint density at radius 2 is 1.25 bits per heavy atom. The molecule has 0 amide bonds. The van der Waals surface area contributed by atoms with Gasteiger partial charge in [0.1, 0.15) is 10.5 Å². The topological polar surface area (TPSA) is 52.6 Å². The molecular formula is C10H18O4S2. The number of thiol groups is 2. The summed E-state index contributed by atoms with van der Waals surface area (Å²) < 4.78 is 9.71. The average Bonchev–Trinajstić information content (AvgIpc) is 2.30. The van der Waals surface area contributed by atoms with Crippen LogP contribution in [0.15, 0.2) is 0 Å². The molecule has 0 heterocycles. The molecule has 0 rings (SSSR count). The maximum Gasteiger partial charge on any atom is 0.320 e. The van der Waals surface area contributed by atoms with Gasteiger partial charge < -0.3 is 9.47 Å². The van der Waals surface area contributed by atoms with Crippen molar-refractivity contribution in [3.8, 4) is 0 Å². The van der Waals surface area contributed by atoms with Gasteiger partial charge in [-0.2, -0.15) is 25.3 Å². The van der Waals surface area contributed by atoms with Crippen molar-refractivity contribution < 1.29 is 19.1 Å². The third-order valence-corrected chi connectivity index (χ3v) is 2.93. The lowest BCUT2D eigenvalue weighted by Gasteiger charge is -2.15. The number of carbonyl (C=O) groups is 2. The first kappa shape index (κ1) is 15.6. The van der Waals surface area contributed by atoms with E-state index < -0.39 is 22.4 Å². The molecule has 4 nitrogen and oxygen atoms in total. The first-order valence-electron chi connectivity index (χ1n) is 5.24. The summed E-state index contributed by atoms with van der Waals surface area (Å²) in [6.45, 7) is 4.41. The van der Waals surface area contributed by atoms with Crippen LogP contribution in [0, 0.1) is 0 Å². The van der Waals surface area contributed by atoms with Crippen molar-refractivity contribution in [3.63, 3.8) is 0 Å². The van der Waals surface area contributed by atoms with E-state index in [4.69, 9.17) is 9.47 Å². The molecule has 0 aromatic heterocycles. The highest BCUT2D eigenvalue weighted by Crippen LogP contribution is 2.13. The molecule has 16 heavy (non-hydrogen) atoms. The van der Waals surface area contributed by atoms with Crippen molar-refractivity contribution in [2.24, 2.45) is 0 Å². The zero-order chi connectivity index (χ0) is 12.6. The Labute approximate surface area is 107 Å². The minimum atomic E-state index is -0.890. The number of ether oxygens (including phenoxy) is 2. The molecule has 0 aromatic rings. The first-order chi connectivity index (χ1) is 7.54. The Morgan fingerprint density at radius 3 is 1.50 bits per heavy atom. The molecular weight excluding hydrogens is 248 g/mol. The summed E-state index contributed by atoms with van der Waals surface area (Å²) in [6, 6.07) is 0. The van der Waals surface area contributed by atoms with Gasteiger partial charge in [-0.15, -0.1) is 0 Å². The number of hydrogen-bond acceptors (Lipinski definition) is 6. The van der Waals surface area contributed by atoms with Crippen LogP contribution < -0.4 is 0 Å². The van der Waals surface area contributed by atoms with Crippen LogP contribution in [0.1, 0.15) is 26.7 Å². The predicted octanol–water partition coefficient (Wildman–Crippen LogP) is 1.49. The molecule has 0 saturated heterocycles. The van der Waals surface area contributed by atoms with Gasteiger partial charge >= 0.3 is 11.9 Å². The van der Waals surface area contributed by atoms with Crippen LogP contribution in [0.2, 0.25) is 0 Å². The van der Waals surface area contributed by atoms with E-state index in [2.05, 4.69) is 25.3 Å². The van der Waals surface area contributed by atoms with Gasteiger partial charge in [-0.05, 0) is 12.8 Å². The molecule has 6 heteroatoms. The van der Waals surface area contributed by atoms with Crippen molar-refractivity contribution >= 4 is 37.2 Å². The smallest absolute Gasteiger partial charge is 0.320 e. The number of carbonyl (C=O) groups excluding carboxylic acids is 2. The van der Waals surface area contributed by atoms with Crippen molar-refractivity contribution in [1.29, 1.82) is 0 Å². The summed E-state index contributed by atoms with van der Waals surface area (Å²) >= 11 is 8.00.